The molecule has 9 heteroatoms. The fourth-order valence-corrected chi connectivity index (χ4v) is 2.56. The topological polar surface area (TPSA) is 111 Å². The van der Waals surface area contributed by atoms with Crippen molar-refractivity contribution in [3.63, 3.8) is 0 Å². The summed E-state index contributed by atoms with van der Waals surface area (Å²) in [6, 6.07) is 4.06. The van der Waals surface area contributed by atoms with Crippen molar-refractivity contribution in [3.8, 4) is 0 Å². The van der Waals surface area contributed by atoms with Gasteiger partial charge in [-0.15, -0.1) is 5.10 Å². The quantitative estimate of drug-likeness (QED) is 0.470. The summed E-state index contributed by atoms with van der Waals surface area (Å²) in [4.78, 5) is 27.3. The molecule has 0 aliphatic carbocycles. The third-order valence-corrected chi connectivity index (χ3v) is 3.82. The summed E-state index contributed by atoms with van der Waals surface area (Å²) in [7, 11) is 0. The summed E-state index contributed by atoms with van der Waals surface area (Å²) in [6.45, 7) is 4.07. The molecule has 0 unspecified atom stereocenters. The first-order chi connectivity index (χ1) is 11.0. The van der Waals surface area contributed by atoms with Gasteiger partial charge in [-0.25, -0.2) is 9.78 Å². The number of non-ortho nitro benzene ring substituents is 1. The van der Waals surface area contributed by atoms with Crippen LogP contribution in [0.3, 0.4) is 0 Å². The van der Waals surface area contributed by atoms with Gasteiger partial charge in [0.05, 0.1) is 17.1 Å². The van der Waals surface area contributed by atoms with E-state index < -0.39 is 10.9 Å². The molecule has 1 N–H and O–H groups in total. The van der Waals surface area contributed by atoms with Gasteiger partial charge in [0.25, 0.3) is 5.69 Å². The lowest BCUT2D eigenvalue weighted by molar-refractivity contribution is -0.384. The third kappa shape index (κ3) is 4.28. The zero-order valence-corrected chi connectivity index (χ0v) is 13.6. The average molecular weight is 336 g/mol. The number of hydrogen-bond donors (Lipinski definition) is 1. The molecule has 0 atom stereocenters. The number of rotatable bonds is 7. The smallest absolute Gasteiger partial charge is 0.339 e. The van der Waals surface area contributed by atoms with Crippen molar-refractivity contribution >= 4 is 23.4 Å². The number of aromatic amines is 1. The van der Waals surface area contributed by atoms with Crippen LogP contribution in [0.25, 0.3) is 0 Å². The lowest BCUT2D eigenvalue weighted by atomic mass is 10.2. The van der Waals surface area contributed by atoms with Gasteiger partial charge in [-0.1, -0.05) is 13.8 Å². The Kier molecular flexibility index (Phi) is 5.69. The van der Waals surface area contributed by atoms with Crippen LogP contribution in [0.2, 0.25) is 0 Å². The molecule has 0 fully saturated rings. The molecule has 0 saturated heterocycles. The SMILES string of the molecule is CCCOC(=O)c1cc([N+](=O)[O-])ccc1Sc1n[nH]c(CC)n1. The van der Waals surface area contributed by atoms with Crippen molar-refractivity contribution in [1.29, 1.82) is 0 Å². The molecule has 0 bridgehead atoms. The number of aryl methyl sites for hydroxylation is 1. The minimum absolute atomic E-state index is 0.139. The number of carbonyl (C=O) groups is 1. The number of H-pyrrole nitrogens is 1. The Morgan fingerprint density at radius 1 is 1.43 bits per heavy atom. The number of nitrogens with one attached hydrogen (secondary N) is 1. The lowest BCUT2D eigenvalue weighted by Crippen LogP contribution is -2.08. The summed E-state index contributed by atoms with van der Waals surface area (Å²) in [5.74, 6) is 0.133. The van der Waals surface area contributed by atoms with Crippen LogP contribution in [0.15, 0.2) is 28.3 Å². The van der Waals surface area contributed by atoms with Gasteiger partial charge >= 0.3 is 5.97 Å². The monoisotopic (exact) mass is 336 g/mol. The van der Waals surface area contributed by atoms with E-state index in [-0.39, 0.29) is 17.9 Å². The molecule has 0 aliphatic rings. The highest BCUT2D eigenvalue weighted by Crippen LogP contribution is 2.31. The van der Waals surface area contributed by atoms with E-state index in [9.17, 15) is 14.9 Å². The van der Waals surface area contributed by atoms with E-state index in [1.165, 1.54) is 18.2 Å². The predicted octanol–water partition coefficient (Wildman–Crippen LogP) is 2.99. The number of carbonyl (C=O) groups excluding carboxylic acids is 1. The molecule has 0 amide bonds. The Balaban J connectivity index is 2.32. The van der Waals surface area contributed by atoms with Crippen LogP contribution in [0.5, 0.6) is 0 Å². The fraction of sp³-hybridized carbons (Fsp3) is 0.357. The highest BCUT2D eigenvalue weighted by atomic mass is 32.2. The number of aromatic nitrogens is 3. The van der Waals surface area contributed by atoms with E-state index in [4.69, 9.17) is 4.74 Å². The van der Waals surface area contributed by atoms with E-state index in [2.05, 4.69) is 15.2 Å². The van der Waals surface area contributed by atoms with Gasteiger partial charge < -0.3 is 4.74 Å². The van der Waals surface area contributed by atoms with Gasteiger partial charge in [0.15, 0.2) is 0 Å². The van der Waals surface area contributed by atoms with Gasteiger partial charge in [-0.05, 0) is 24.2 Å². The molecule has 23 heavy (non-hydrogen) atoms. The second-order valence-corrected chi connectivity index (χ2v) is 5.60. The standard InChI is InChI=1S/C14H16N4O4S/c1-3-7-22-13(19)10-8-9(18(20)21)5-6-11(10)23-14-15-12(4-2)16-17-14/h5-6,8H,3-4,7H2,1-2H3,(H,15,16,17). The second kappa shape index (κ2) is 7.73. The highest BCUT2D eigenvalue weighted by Gasteiger charge is 2.19. The van der Waals surface area contributed by atoms with Crippen LogP contribution in [-0.4, -0.2) is 32.7 Å². The normalized spacial score (nSPS) is 10.5. The van der Waals surface area contributed by atoms with Crippen LogP contribution >= 0.6 is 11.8 Å². The van der Waals surface area contributed by atoms with Crippen LogP contribution in [0, 0.1) is 10.1 Å². The van der Waals surface area contributed by atoms with Crippen LogP contribution in [-0.2, 0) is 11.2 Å². The molecule has 2 aromatic rings. The third-order valence-electron chi connectivity index (χ3n) is 2.88. The maximum atomic E-state index is 12.1. The molecule has 1 heterocycles. The van der Waals surface area contributed by atoms with Gasteiger partial charge in [0.2, 0.25) is 5.16 Å². The van der Waals surface area contributed by atoms with E-state index in [0.717, 1.165) is 17.6 Å². The molecule has 8 nitrogen and oxygen atoms in total. The summed E-state index contributed by atoms with van der Waals surface area (Å²) in [5.41, 5.74) is -0.0254. The van der Waals surface area contributed by atoms with Crippen molar-refractivity contribution in [2.45, 2.75) is 36.7 Å². The summed E-state index contributed by atoms with van der Waals surface area (Å²) in [6.07, 6.45) is 1.38. The van der Waals surface area contributed by atoms with Gasteiger partial charge in [0, 0.05) is 23.4 Å². The van der Waals surface area contributed by atoms with Crippen molar-refractivity contribution in [3.05, 3.63) is 39.7 Å². The molecule has 122 valence electrons. The molecular formula is C14H16N4O4S. The van der Waals surface area contributed by atoms with Crippen LogP contribution < -0.4 is 0 Å². The zero-order valence-electron chi connectivity index (χ0n) is 12.7. The molecule has 1 aromatic carbocycles. The zero-order chi connectivity index (χ0) is 16.8. The van der Waals surface area contributed by atoms with E-state index in [0.29, 0.717) is 22.9 Å². The number of benzene rings is 1. The number of nitrogens with zero attached hydrogens (tertiary/aromatic N) is 3. The van der Waals surface area contributed by atoms with Crippen molar-refractivity contribution < 1.29 is 14.5 Å². The van der Waals surface area contributed by atoms with E-state index in [1.807, 2.05) is 13.8 Å². The summed E-state index contributed by atoms with van der Waals surface area (Å²) in [5, 5.41) is 18.2. The van der Waals surface area contributed by atoms with Crippen molar-refractivity contribution in [2.24, 2.45) is 0 Å². The number of nitro benzene ring substituents is 1. The predicted molar refractivity (Wildman–Crippen MR) is 83.6 cm³/mol. The Morgan fingerprint density at radius 3 is 2.83 bits per heavy atom. The first-order valence-electron chi connectivity index (χ1n) is 7.09. The first-order valence-corrected chi connectivity index (χ1v) is 7.91. The van der Waals surface area contributed by atoms with Crippen molar-refractivity contribution in [2.75, 3.05) is 6.61 Å². The average Bonchev–Trinajstić information content (AvgIpc) is 3.00. The van der Waals surface area contributed by atoms with E-state index >= 15 is 0 Å². The van der Waals surface area contributed by atoms with E-state index in [1.54, 1.807) is 0 Å². The Bertz CT molecular complexity index is 717. The fourth-order valence-electron chi connectivity index (χ4n) is 1.73. The highest BCUT2D eigenvalue weighted by molar-refractivity contribution is 7.99. The van der Waals surface area contributed by atoms with Crippen molar-refractivity contribution in [1.82, 2.24) is 15.2 Å². The maximum absolute atomic E-state index is 12.1. The molecule has 0 saturated carbocycles. The second-order valence-electron chi connectivity index (χ2n) is 4.59. The lowest BCUT2D eigenvalue weighted by Gasteiger charge is -2.07. The summed E-state index contributed by atoms with van der Waals surface area (Å²) < 4.78 is 5.09. The van der Waals surface area contributed by atoms with Crippen LogP contribution in [0.1, 0.15) is 36.5 Å². The van der Waals surface area contributed by atoms with Gasteiger partial charge in [-0.2, -0.15) is 0 Å². The number of ether oxygens (including phenoxy) is 1. The Labute approximate surface area is 136 Å². The Morgan fingerprint density at radius 2 is 2.22 bits per heavy atom. The summed E-state index contributed by atoms with van der Waals surface area (Å²) >= 11 is 1.16. The number of nitro groups is 1. The minimum Gasteiger partial charge on any atom is -0.462 e. The Hall–Kier alpha value is -2.42. The minimum atomic E-state index is -0.593. The van der Waals surface area contributed by atoms with Gasteiger partial charge in [-0.3, -0.25) is 15.2 Å². The number of esters is 1. The molecule has 2 rings (SSSR count). The maximum Gasteiger partial charge on any atom is 0.339 e. The molecule has 0 spiro atoms. The van der Waals surface area contributed by atoms with Crippen LogP contribution in [0.4, 0.5) is 5.69 Å². The first kappa shape index (κ1) is 16.9. The van der Waals surface area contributed by atoms with Gasteiger partial charge in [0.1, 0.15) is 5.82 Å². The molecule has 1 aromatic heterocycles. The molecular weight excluding hydrogens is 320 g/mol. The number of hydrogen-bond acceptors (Lipinski definition) is 7. The molecule has 0 radical (unpaired) electrons. The molecule has 0 aliphatic heterocycles. The largest absolute Gasteiger partial charge is 0.462 e.